The smallest absolute Gasteiger partial charge is 0.262 e. The van der Waals surface area contributed by atoms with Crippen LogP contribution in [0.5, 0.6) is 0 Å². The third-order valence-electron chi connectivity index (χ3n) is 7.02. The van der Waals surface area contributed by atoms with Crippen LogP contribution in [0.25, 0.3) is 10.2 Å². The molecule has 4 heterocycles. The highest BCUT2D eigenvalue weighted by molar-refractivity contribution is 7.20. The van der Waals surface area contributed by atoms with Gasteiger partial charge in [-0.3, -0.25) is 19.1 Å². The Balaban J connectivity index is 1.55. The molecule has 1 fully saturated rings. The van der Waals surface area contributed by atoms with E-state index < -0.39 is 0 Å². The van der Waals surface area contributed by atoms with E-state index in [1.165, 1.54) is 17.8 Å². The van der Waals surface area contributed by atoms with Gasteiger partial charge in [-0.25, -0.2) is 4.98 Å². The zero-order valence-corrected chi connectivity index (χ0v) is 20.4. The first-order valence-corrected chi connectivity index (χ1v) is 12.5. The van der Waals surface area contributed by atoms with Gasteiger partial charge in [-0.15, -0.1) is 11.3 Å². The molecule has 0 aliphatic carbocycles. The zero-order valence-electron chi connectivity index (χ0n) is 19.6. The van der Waals surface area contributed by atoms with Gasteiger partial charge in [0, 0.05) is 38.1 Å². The number of nitrogens with zero attached hydrogens (tertiary/aromatic N) is 3. The molecular weight excluding hydrogens is 408 g/mol. The molecule has 6 nitrogen and oxygen atoms in total. The number of nitrogens with one attached hydrogen (secondary N) is 1. The number of carbonyl (C=O) groups excluding carboxylic acids is 1. The monoisotopic (exact) mass is 444 g/mol. The minimum absolute atomic E-state index is 0.0197. The number of aryl methyl sites for hydroxylation is 2. The number of likely N-dealkylation sites (tertiary alicyclic amines) is 1. The van der Waals surface area contributed by atoms with Crippen molar-refractivity contribution in [3.05, 3.63) is 26.6 Å². The van der Waals surface area contributed by atoms with Gasteiger partial charge in [0.15, 0.2) is 0 Å². The van der Waals surface area contributed by atoms with E-state index in [9.17, 15) is 9.59 Å². The van der Waals surface area contributed by atoms with Crippen molar-refractivity contribution in [3.63, 3.8) is 0 Å². The second-order valence-electron chi connectivity index (χ2n) is 10.4. The van der Waals surface area contributed by atoms with Crippen LogP contribution in [-0.4, -0.2) is 45.5 Å². The summed E-state index contributed by atoms with van der Waals surface area (Å²) < 4.78 is 1.83. The number of piperidine rings is 1. The summed E-state index contributed by atoms with van der Waals surface area (Å²) in [5.41, 5.74) is 0.678. The highest BCUT2D eigenvalue weighted by Crippen LogP contribution is 2.29. The van der Waals surface area contributed by atoms with Crippen molar-refractivity contribution in [3.8, 4) is 0 Å². The van der Waals surface area contributed by atoms with Crippen LogP contribution in [-0.2, 0) is 13.0 Å². The summed E-state index contributed by atoms with van der Waals surface area (Å²) in [6, 6.07) is 0. The number of aromatic nitrogens is 2. The third-order valence-corrected chi connectivity index (χ3v) is 8.21. The highest BCUT2D eigenvalue weighted by Gasteiger charge is 2.33. The molecule has 1 N–H and O–H groups in total. The van der Waals surface area contributed by atoms with Gasteiger partial charge >= 0.3 is 0 Å². The maximum atomic E-state index is 13.2. The fourth-order valence-electron chi connectivity index (χ4n) is 5.27. The molecule has 0 radical (unpaired) electrons. The summed E-state index contributed by atoms with van der Waals surface area (Å²) in [6.45, 7) is 14.4. The van der Waals surface area contributed by atoms with Crippen molar-refractivity contribution in [1.82, 2.24) is 19.8 Å². The lowest BCUT2D eigenvalue weighted by atomic mass is 9.88. The molecule has 4 rings (SSSR count). The van der Waals surface area contributed by atoms with Crippen LogP contribution in [0.1, 0.15) is 74.4 Å². The normalized spacial score (nSPS) is 22.9. The largest absolute Gasteiger partial charge is 0.349 e. The molecule has 2 unspecified atom stereocenters. The topological polar surface area (TPSA) is 67.2 Å². The van der Waals surface area contributed by atoms with E-state index in [0.717, 1.165) is 56.7 Å². The van der Waals surface area contributed by atoms with Gasteiger partial charge in [0.1, 0.15) is 10.7 Å². The predicted octanol–water partition coefficient (Wildman–Crippen LogP) is 3.98. The summed E-state index contributed by atoms with van der Waals surface area (Å²) in [4.78, 5) is 34.9. The second kappa shape index (κ2) is 8.66. The number of rotatable bonds is 4. The summed E-state index contributed by atoms with van der Waals surface area (Å²) in [7, 11) is 0. The van der Waals surface area contributed by atoms with Crippen LogP contribution in [0.2, 0.25) is 0 Å². The lowest BCUT2D eigenvalue weighted by Crippen LogP contribution is -2.56. The highest BCUT2D eigenvalue weighted by atomic mass is 32.1. The molecule has 2 aromatic rings. The quantitative estimate of drug-likeness (QED) is 0.775. The molecule has 1 amide bonds. The fraction of sp³-hybridized carbons (Fsp3) is 0.708. The van der Waals surface area contributed by atoms with Crippen LogP contribution >= 0.6 is 11.3 Å². The van der Waals surface area contributed by atoms with E-state index >= 15 is 0 Å². The van der Waals surface area contributed by atoms with E-state index in [1.54, 1.807) is 0 Å². The molecule has 170 valence electrons. The molecule has 7 heteroatoms. The van der Waals surface area contributed by atoms with E-state index in [-0.39, 0.29) is 17.0 Å². The van der Waals surface area contributed by atoms with E-state index in [2.05, 4.69) is 37.9 Å². The number of hydrogen-bond donors (Lipinski definition) is 1. The van der Waals surface area contributed by atoms with Crippen LogP contribution in [0.4, 0.5) is 0 Å². The summed E-state index contributed by atoms with van der Waals surface area (Å²) >= 11 is 1.36. The fourth-order valence-corrected chi connectivity index (χ4v) is 6.38. The number of amides is 1. The van der Waals surface area contributed by atoms with Gasteiger partial charge < -0.3 is 5.32 Å². The maximum absolute atomic E-state index is 13.2. The lowest BCUT2D eigenvalue weighted by Gasteiger charge is -2.45. The van der Waals surface area contributed by atoms with Gasteiger partial charge in [0.05, 0.1) is 10.3 Å². The SMILES string of the molecule is Cc1c(C(=O)NCC(C)(C)N2CC(C)CC(C)C2)sc2nc3n(c(=O)c12)CCCCC3. The van der Waals surface area contributed by atoms with Crippen LogP contribution in [0.3, 0.4) is 0 Å². The predicted molar refractivity (Wildman–Crippen MR) is 127 cm³/mol. The number of thiophene rings is 1. The number of fused-ring (bicyclic) bond motifs is 2. The molecule has 1 saturated heterocycles. The molecule has 2 aromatic heterocycles. The molecule has 0 saturated carbocycles. The van der Waals surface area contributed by atoms with Crippen LogP contribution < -0.4 is 10.9 Å². The molecule has 2 aliphatic rings. The average Bonchev–Trinajstić information content (AvgIpc) is 2.87. The first-order chi connectivity index (χ1) is 14.7. The molecule has 2 aliphatic heterocycles. The Hall–Kier alpha value is -1.73. The molecule has 0 bridgehead atoms. The first kappa shape index (κ1) is 22.5. The Morgan fingerprint density at radius 3 is 2.61 bits per heavy atom. The van der Waals surface area contributed by atoms with Crippen LogP contribution in [0, 0.1) is 18.8 Å². The average molecular weight is 445 g/mol. The van der Waals surface area contributed by atoms with E-state index in [1.807, 2.05) is 11.5 Å². The Bertz CT molecular complexity index is 1030. The number of hydrogen-bond acceptors (Lipinski definition) is 5. The van der Waals surface area contributed by atoms with Gasteiger partial charge in [-0.2, -0.15) is 0 Å². The standard InChI is InChI=1S/C24H36N4O2S/c1-15-11-16(2)13-27(12-15)24(4,5)14-25-21(29)20-17(3)19-22(31-20)26-18-9-7-6-8-10-28(18)23(19)30/h15-16H,6-14H2,1-5H3,(H,25,29). The molecule has 0 aromatic carbocycles. The summed E-state index contributed by atoms with van der Waals surface area (Å²) in [5.74, 6) is 2.14. The van der Waals surface area contributed by atoms with E-state index in [4.69, 9.17) is 4.98 Å². The van der Waals surface area contributed by atoms with Crippen molar-refractivity contribution < 1.29 is 4.79 Å². The summed E-state index contributed by atoms with van der Waals surface area (Å²) in [5, 5.41) is 3.78. The number of carbonyl (C=O) groups is 1. The zero-order chi connectivity index (χ0) is 22.3. The van der Waals surface area contributed by atoms with Gasteiger partial charge in [0.2, 0.25) is 0 Å². The van der Waals surface area contributed by atoms with E-state index in [0.29, 0.717) is 33.5 Å². The maximum Gasteiger partial charge on any atom is 0.262 e. The molecule has 2 atom stereocenters. The Kier molecular flexibility index (Phi) is 6.28. The molecule has 0 spiro atoms. The Labute approximate surface area is 189 Å². The third kappa shape index (κ3) is 4.44. The minimum Gasteiger partial charge on any atom is -0.349 e. The van der Waals surface area contributed by atoms with Crippen molar-refractivity contribution in [2.75, 3.05) is 19.6 Å². The second-order valence-corrected chi connectivity index (χ2v) is 11.4. The lowest BCUT2D eigenvalue weighted by molar-refractivity contribution is 0.0445. The van der Waals surface area contributed by atoms with Gasteiger partial charge in [-0.05, 0) is 57.4 Å². The van der Waals surface area contributed by atoms with Gasteiger partial charge in [-0.1, -0.05) is 20.3 Å². The van der Waals surface area contributed by atoms with Crippen molar-refractivity contribution in [2.45, 2.75) is 78.8 Å². The minimum atomic E-state index is -0.113. The summed E-state index contributed by atoms with van der Waals surface area (Å²) in [6.07, 6.45) is 5.32. The van der Waals surface area contributed by atoms with Gasteiger partial charge in [0.25, 0.3) is 11.5 Å². The molecule has 31 heavy (non-hydrogen) atoms. The Morgan fingerprint density at radius 2 is 1.90 bits per heavy atom. The van der Waals surface area contributed by atoms with Crippen molar-refractivity contribution in [2.24, 2.45) is 11.8 Å². The van der Waals surface area contributed by atoms with Crippen molar-refractivity contribution in [1.29, 1.82) is 0 Å². The molecular formula is C24H36N4O2S. The first-order valence-electron chi connectivity index (χ1n) is 11.7. The Morgan fingerprint density at radius 1 is 1.19 bits per heavy atom. The van der Waals surface area contributed by atoms with Crippen LogP contribution in [0.15, 0.2) is 4.79 Å². The van der Waals surface area contributed by atoms with Crippen molar-refractivity contribution >= 4 is 27.5 Å².